The molecular formula is C29H34N2O14S. The summed E-state index contributed by atoms with van der Waals surface area (Å²) < 4.78 is 45.0. The molecule has 0 saturated carbocycles. The fourth-order valence-electron chi connectivity index (χ4n) is 5.36. The molecule has 0 spiro atoms. The minimum Gasteiger partial charge on any atom is -0.471 e. The largest absolute Gasteiger partial charge is 0.471 e. The highest BCUT2D eigenvalue weighted by Crippen LogP contribution is 2.46. The predicted octanol–water partition coefficient (Wildman–Crippen LogP) is 1.49. The number of nitrogens with zero attached hydrogens (tertiary/aromatic N) is 1. The van der Waals surface area contributed by atoms with Gasteiger partial charge in [0.1, 0.15) is 19.3 Å². The molecule has 8 atom stereocenters. The van der Waals surface area contributed by atoms with Crippen LogP contribution in [0.3, 0.4) is 0 Å². The average molecular weight is 667 g/mol. The van der Waals surface area contributed by atoms with Gasteiger partial charge in [0.2, 0.25) is 17.7 Å². The number of carbonyl (C=O) groups is 6. The Balaban J connectivity index is 1.68. The molecule has 0 radical (unpaired) electrons. The van der Waals surface area contributed by atoms with Crippen molar-refractivity contribution in [3.8, 4) is 0 Å². The molecule has 2 aliphatic heterocycles. The molecule has 1 aromatic rings. The van der Waals surface area contributed by atoms with Gasteiger partial charge in [-0.05, 0) is 23.8 Å². The maximum atomic E-state index is 13.3. The van der Waals surface area contributed by atoms with Crippen LogP contribution in [0.15, 0.2) is 41.0 Å². The van der Waals surface area contributed by atoms with Gasteiger partial charge in [-0.25, -0.2) is 4.98 Å². The Bertz CT molecular complexity index is 1390. The van der Waals surface area contributed by atoms with Crippen molar-refractivity contribution in [2.45, 2.75) is 83.2 Å². The number of rotatable bonds is 11. The van der Waals surface area contributed by atoms with Crippen LogP contribution in [0.4, 0.5) is 0 Å². The number of ether oxygens (including phenoxy) is 8. The van der Waals surface area contributed by atoms with Gasteiger partial charge in [0.25, 0.3) is 0 Å². The van der Waals surface area contributed by atoms with Crippen molar-refractivity contribution in [1.82, 2.24) is 9.97 Å². The van der Waals surface area contributed by atoms with Gasteiger partial charge >= 0.3 is 29.8 Å². The van der Waals surface area contributed by atoms with Crippen molar-refractivity contribution in [2.75, 3.05) is 13.2 Å². The molecule has 1 fully saturated rings. The second kappa shape index (κ2) is 15.4. The third-order valence-electron chi connectivity index (χ3n) is 7.07. The topological polar surface area (TPSA) is 205 Å². The van der Waals surface area contributed by atoms with Crippen LogP contribution < -0.4 is 0 Å². The number of carbonyl (C=O) groups excluding carboxylic acids is 6. The third kappa shape index (κ3) is 8.73. The number of H-pyrrole nitrogens is 1. The molecular weight excluding hydrogens is 632 g/mol. The van der Waals surface area contributed by atoms with E-state index in [-0.39, 0.29) is 11.7 Å². The molecule has 3 aliphatic rings. The van der Waals surface area contributed by atoms with E-state index in [1.54, 1.807) is 6.20 Å². The van der Waals surface area contributed by atoms with Gasteiger partial charge in [-0.2, -0.15) is 0 Å². The molecule has 0 bridgehead atoms. The van der Waals surface area contributed by atoms with Crippen molar-refractivity contribution in [3.63, 3.8) is 0 Å². The van der Waals surface area contributed by atoms with Crippen LogP contribution in [0, 0.1) is 11.8 Å². The van der Waals surface area contributed by atoms with E-state index in [9.17, 15) is 28.8 Å². The van der Waals surface area contributed by atoms with Crippen LogP contribution in [-0.2, 0) is 66.7 Å². The van der Waals surface area contributed by atoms with E-state index in [1.165, 1.54) is 19.4 Å². The Morgan fingerprint density at radius 1 is 0.870 bits per heavy atom. The molecule has 250 valence electrons. The first-order chi connectivity index (χ1) is 21.8. The number of aromatic nitrogens is 2. The summed E-state index contributed by atoms with van der Waals surface area (Å²) in [5.74, 6) is -4.76. The summed E-state index contributed by atoms with van der Waals surface area (Å²) in [7, 11) is 0. The minimum atomic E-state index is -1.54. The lowest BCUT2D eigenvalue weighted by Gasteiger charge is -2.45. The van der Waals surface area contributed by atoms with Gasteiger partial charge in [-0.15, -0.1) is 0 Å². The Labute approximate surface area is 267 Å². The minimum absolute atomic E-state index is 0.120. The maximum Gasteiger partial charge on any atom is 0.303 e. The predicted molar refractivity (Wildman–Crippen MR) is 152 cm³/mol. The zero-order chi connectivity index (χ0) is 33.5. The van der Waals surface area contributed by atoms with E-state index in [1.807, 2.05) is 6.08 Å². The Hall–Kier alpha value is -4.22. The fraction of sp³-hybridized carbons (Fsp3) is 0.552. The lowest BCUT2D eigenvalue weighted by Crippen LogP contribution is -2.63. The summed E-state index contributed by atoms with van der Waals surface area (Å²) in [6.07, 6.45) is -1.78. The maximum absolute atomic E-state index is 13.3. The first-order valence-electron chi connectivity index (χ1n) is 14.2. The number of hydrogen-bond acceptors (Lipinski definition) is 16. The first-order valence-corrected chi connectivity index (χ1v) is 15.0. The number of aromatic amines is 1. The summed E-state index contributed by atoms with van der Waals surface area (Å²) in [5.41, 5.74) is 0.916. The van der Waals surface area contributed by atoms with Gasteiger partial charge < -0.3 is 42.9 Å². The van der Waals surface area contributed by atoms with Gasteiger partial charge in [0, 0.05) is 58.5 Å². The van der Waals surface area contributed by atoms with Crippen molar-refractivity contribution in [2.24, 2.45) is 11.8 Å². The lowest BCUT2D eigenvalue weighted by molar-refractivity contribution is -0.342. The van der Waals surface area contributed by atoms with E-state index in [0.29, 0.717) is 22.7 Å². The Morgan fingerprint density at radius 3 is 2.13 bits per heavy atom. The summed E-state index contributed by atoms with van der Waals surface area (Å²) in [4.78, 5) is 80.0. The van der Waals surface area contributed by atoms with E-state index >= 15 is 0 Å². The van der Waals surface area contributed by atoms with Crippen LogP contribution in [0.2, 0.25) is 0 Å². The van der Waals surface area contributed by atoms with Gasteiger partial charge in [-0.3, -0.25) is 28.8 Å². The molecule has 4 rings (SSSR count). The monoisotopic (exact) mass is 666 g/mol. The number of hydrogen-bond donors (Lipinski definition) is 1. The molecule has 0 unspecified atom stereocenters. The number of thioether (sulfide) groups is 1. The van der Waals surface area contributed by atoms with Crippen LogP contribution in [-0.4, -0.2) is 95.1 Å². The van der Waals surface area contributed by atoms with Crippen LogP contribution in [0.1, 0.15) is 41.0 Å². The van der Waals surface area contributed by atoms with E-state index in [2.05, 4.69) is 9.97 Å². The second-order valence-electron chi connectivity index (χ2n) is 10.5. The number of esters is 5. The van der Waals surface area contributed by atoms with Crippen LogP contribution >= 0.6 is 11.8 Å². The normalized spacial score (nSPS) is 28.4. The molecule has 0 aromatic carbocycles. The average Bonchev–Trinajstić information content (AvgIpc) is 3.63. The van der Waals surface area contributed by atoms with Crippen molar-refractivity contribution >= 4 is 46.7 Å². The molecule has 3 heterocycles. The van der Waals surface area contributed by atoms with Crippen LogP contribution in [0.5, 0.6) is 0 Å². The highest BCUT2D eigenvalue weighted by atomic mass is 32.2. The summed E-state index contributed by atoms with van der Waals surface area (Å²) in [6.45, 7) is 5.16. The molecule has 17 heteroatoms. The first kappa shape index (κ1) is 34.6. The lowest BCUT2D eigenvalue weighted by atomic mass is 9.84. The number of nitrogens with one attached hydrogen (secondary N) is 1. The fourth-order valence-corrected chi connectivity index (χ4v) is 6.09. The molecule has 1 saturated heterocycles. The number of allylic oxidation sites excluding steroid dienone is 1. The SMILES string of the molecule is CC(=O)OCC1=CC[C@@H]2C(C(=O)Sc3ncc[nH]3)=CO[C@@H](O[C@@H]3O[C@H](COC(C)=O)[C@@H](OC(C)=O)[C@H](OC(C)=O)[C@H]3OC(C)=O)[C@H]12. The molecule has 46 heavy (non-hydrogen) atoms. The van der Waals surface area contributed by atoms with Gasteiger partial charge in [0.15, 0.2) is 23.5 Å². The third-order valence-corrected chi connectivity index (χ3v) is 7.91. The Morgan fingerprint density at radius 2 is 1.52 bits per heavy atom. The summed E-state index contributed by atoms with van der Waals surface area (Å²) >= 11 is 0.872. The van der Waals surface area contributed by atoms with Crippen molar-refractivity contribution in [3.05, 3.63) is 35.9 Å². The molecule has 1 N–H and O–H groups in total. The van der Waals surface area contributed by atoms with Crippen molar-refractivity contribution in [1.29, 1.82) is 0 Å². The summed E-state index contributed by atoms with van der Waals surface area (Å²) in [6, 6.07) is 0. The van der Waals surface area contributed by atoms with Gasteiger partial charge in [0.05, 0.1) is 12.2 Å². The quantitative estimate of drug-likeness (QED) is 0.154. The number of imidazole rings is 1. The zero-order valence-electron chi connectivity index (χ0n) is 25.6. The highest BCUT2D eigenvalue weighted by Gasteiger charge is 2.55. The van der Waals surface area contributed by atoms with Crippen molar-refractivity contribution < 1.29 is 66.7 Å². The van der Waals surface area contributed by atoms with E-state index in [0.717, 1.165) is 39.5 Å². The van der Waals surface area contributed by atoms with E-state index in [4.69, 9.17) is 37.9 Å². The Kier molecular flexibility index (Phi) is 11.6. The second-order valence-corrected chi connectivity index (χ2v) is 11.5. The molecule has 16 nitrogen and oxygen atoms in total. The highest BCUT2D eigenvalue weighted by molar-refractivity contribution is 8.14. The summed E-state index contributed by atoms with van der Waals surface area (Å²) in [5, 5.41) is 0.0437. The standard InChI is InChI=1S/C29H34N2O14S/c1-13(32)38-10-18-6-7-19-20(26(37)46-29-30-8-9-31-29)11-40-27(22(18)19)45-28-25(43-17(5)36)24(42-16(4)35)23(41-15(3)34)21(44-28)12-39-14(2)33/h6,8-9,11,19,21-25,27-28H,7,10,12H2,1-5H3,(H,30,31)/t19-,21-,22-,23-,24+,25-,27+,28+/m1/s1. The molecule has 1 aromatic heterocycles. The zero-order valence-corrected chi connectivity index (χ0v) is 26.4. The smallest absolute Gasteiger partial charge is 0.303 e. The van der Waals surface area contributed by atoms with Crippen LogP contribution in [0.25, 0.3) is 0 Å². The number of fused-ring (bicyclic) bond motifs is 1. The molecule has 1 aliphatic carbocycles. The van der Waals surface area contributed by atoms with Gasteiger partial charge in [-0.1, -0.05) is 6.08 Å². The van der Waals surface area contributed by atoms with E-state index < -0.39 is 85.3 Å². The molecule has 0 amide bonds.